The van der Waals surface area contributed by atoms with Crippen LogP contribution in [0.2, 0.25) is 5.02 Å². The second-order valence-electron chi connectivity index (χ2n) is 6.56. The van der Waals surface area contributed by atoms with Crippen molar-refractivity contribution >= 4 is 74.3 Å². The summed E-state index contributed by atoms with van der Waals surface area (Å²) in [5.74, 6) is -0.443. The summed E-state index contributed by atoms with van der Waals surface area (Å²) in [6.45, 7) is 0.202. The van der Waals surface area contributed by atoms with Crippen molar-refractivity contribution in [2.45, 2.75) is 6.42 Å². The highest BCUT2D eigenvalue weighted by Crippen LogP contribution is 2.34. The predicted molar refractivity (Wildman–Crippen MR) is 132 cm³/mol. The number of benzene rings is 2. The number of halogens is 1. The van der Waals surface area contributed by atoms with Crippen molar-refractivity contribution in [2.75, 3.05) is 11.9 Å². The Labute approximate surface area is 198 Å². The van der Waals surface area contributed by atoms with Gasteiger partial charge in [-0.25, -0.2) is 4.98 Å². The number of nitrogens with one attached hydrogen (secondary N) is 1. The molecular weight excluding hydrogens is 470 g/mol. The first kappa shape index (κ1) is 21.7. The lowest BCUT2D eigenvalue weighted by Crippen LogP contribution is -2.31. The molecule has 1 aliphatic rings. The maximum absolute atomic E-state index is 12.7. The molecule has 1 N–H and O–H groups in total. The van der Waals surface area contributed by atoms with Gasteiger partial charge in [0, 0.05) is 28.9 Å². The highest BCUT2D eigenvalue weighted by molar-refractivity contribution is 8.26. The van der Waals surface area contributed by atoms with E-state index < -0.39 is 0 Å². The van der Waals surface area contributed by atoms with Crippen molar-refractivity contribution < 1.29 is 9.59 Å². The monoisotopic (exact) mass is 485 g/mol. The zero-order chi connectivity index (χ0) is 21.8. The highest BCUT2D eigenvalue weighted by Gasteiger charge is 2.32. The van der Waals surface area contributed by atoms with Gasteiger partial charge < -0.3 is 5.32 Å². The molecule has 2 heterocycles. The second-order valence-corrected chi connectivity index (χ2v) is 9.50. The van der Waals surface area contributed by atoms with Crippen LogP contribution in [0.25, 0.3) is 17.3 Å². The molecule has 1 saturated heterocycles. The van der Waals surface area contributed by atoms with Crippen molar-refractivity contribution in [1.29, 1.82) is 0 Å². The van der Waals surface area contributed by atoms with Crippen LogP contribution in [0.1, 0.15) is 12.0 Å². The molecule has 3 aromatic rings. The fourth-order valence-corrected chi connectivity index (χ4v) is 5.12. The zero-order valence-corrected chi connectivity index (χ0v) is 19.3. The summed E-state index contributed by atoms with van der Waals surface area (Å²) in [7, 11) is 0. The van der Waals surface area contributed by atoms with Gasteiger partial charge in [0.2, 0.25) is 5.91 Å². The Hall–Kier alpha value is -2.52. The molecule has 2 aromatic carbocycles. The van der Waals surface area contributed by atoms with E-state index >= 15 is 0 Å². The standard InChI is InChI=1S/C22H16ClN3O2S3/c23-16-9-5-4-8-15(16)12-18-20(28)26(22(29)31-18)11-10-19(27)25-21-24-17(13-30-21)14-6-2-1-3-7-14/h1-9,12-13H,10-11H2,(H,24,25,27). The van der Waals surface area contributed by atoms with Gasteiger partial charge in [-0.05, 0) is 17.7 Å². The first-order valence-corrected chi connectivity index (χ1v) is 11.8. The summed E-state index contributed by atoms with van der Waals surface area (Å²) in [4.78, 5) is 31.5. The van der Waals surface area contributed by atoms with Crippen molar-refractivity contribution in [2.24, 2.45) is 0 Å². The first-order valence-electron chi connectivity index (χ1n) is 9.32. The number of nitrogens with zero attached hydrogens (tertiary/aromatic N) is 2. The SMILES string of the molecule is O=C(CCN1C(=O)C(=Cc2ccccc2Cl)SC1=S)Nc1nc(-c2ccccc2)cs1. The van der Waals surface area contributed by atoms with Crippen LogP contribution in [0.5, 0.6) is 0 Å². The molecule has 5 nitrogen and oxygen atoms in total. The van der Waals surface area contributed by atoms with Crippen molar-refractivity contribution in [1.82, 2.24) is 9.88 Å². The summed E-state index contributed by atoms with van der Waals surface area (Å²) in [5, 5.41) is 5.77. The molecule has 1 aromatic heterocycles. The van der Waals surface area contributed by atoms with Gasteiger partial charge in [0.1, 0.15) is 4.32 Å². The van der Waals surface area contributed by atoms with Gasteiger partial charge in [0.15, 0.2) is 5.13 Å². The van der Waals surface area contributed by atoms with Crippen LogP contribution < -0.4 is 5.32 Å². The molecule has 0 bridgehead atoms. The maximum atomic E-state index is 12.7. The van der Waals surface area contributed by atoms with E-state index in [0.29, 0.717) is 19.4 Å². The van der Waals surface area contributed by atoms with E-state index in [2.05, 4.69) is 10.3 Å². The van der Waals surface area contributed by atoms with Crippen molar-refractivity contribution in [3.05, 3.63) is 75.5 Å². The minimum Gasteiger partial charge on any atom is -0.302 e. The summed E-state index contributed by atoms with van der Waals surface area (Å²) in [5.41, 5.74) is 2.55. The van der Waals surface area contributed by atoms with Crippen LogP contribution in [-0.4, -0.2) is 32.6 Å². The molecule has 0 unspecified atom stereocenters. The van der Waals surface area contributed by atoms with E-state index in [9.17, 15) is 9.59 Å². The van der Waals surface area contributed by atoms with Gasteiger partial charge in [-0.3, -0.25) is 14.5 Å². The largest absolute Gasteiger partial charge is 0.302 e. The minimum absolute atomic E-state index is 0.117. The molecule has 2 amide bonds. The Morgan fingerprint density at radius 2 is 1.90 bits per heavy atom. The quantitative estimate of drug-likeness (QED) is 0.359. The average molecular weight is 486 g/mol. The average Bonchev–Trinajstić information content (AvgIpc) is 3.33. The number of carbonyl (C=O) groups is 2. The van der Waals surface area contributed by atoms with E-state index in [1.54, 1.807) is 12.1 Å². The summed E-state index contributed by atoms with van der Waals surface area (Å²) >= 11 is 14.1. The van der Waals surface area contributed by atoms with E-state index in [1.807, 2.05) is 53.9 Å². The molecule has 0 atom stereocenters. The lowest BCUT2D eigenvalue weighted by Gasteiger charge is -2.13. The molecule has 1 aliphatic heterocycles. The molecule has 4 rings (SSSR count). The first-order chi connectivity index (χ1) is 15.0. The summed E-state index contributed by atoms with van der Waals surface area (Å²) in [6, 6.07) is 17.0. The van der Waals surface area contributed by atoms with Crippen LogP contribution in [0, 0.1) is 0 Å². The van der Waals surface area contributed by atoms with E-state index in [4.69, 9.17) is 23.8 Å². The van der Waals surface area contributed by atoms with E-state index in [1.165, 1.54) is 28.0 Å². The number of thioether (sulfide) groups is 1. The number of rotatable bonds is 6. The zero-order valence-electron chi connectivity index (χ0n) is 16.1. The number of carbonyl (C=O) groups excluding carboxylic acids is 2. The van der Waals surface area contributed by atoms with Crippen LogP contribution in [-0.2, 0) is 9.59 Å². The third-order valence-electron chi connectivity index (χ3n) is 4.45. The minimum atomic E-state index is -0.224. The smallest absolute Gasteiger partial charge is 0.266 e. The molecule has 1 fully saturated rings. The third-order valence-corrected chi connectivity index (χ3v) is 6.93. The van der Waals surface area contributed by atoms with Crippen LogP contribution in [0.4, 0.5) is 5.13 Å². The number of amides is 2. The van der Waals surface area contributed by atoms with Crippen LogP contribution in [0.15, 0.2) is 64.9 Å². The normalized spacial score (nSPS) is 15.0. The Morgan fingerprint density at radius 1 is 1.16 bits per heavy atom. The van der Waals surface area contributed by atoms with E-state index in [0.717, 1.165) is 16.8 Å². The van der Waals surface area contributed by atoms with Crippen molar-refractivity contribution in [3.8, 4) is 11.3 Å². The molecule has 0 spiro atoms. The number of hydrogen-bond acceptors (Lipinski definition) is 6. The molecular formula is C22H16ClN3O2S3. The van der Waals surface area contributed by atoms with E-state index in [-0.39, 0.29) is 24.8 Å². The van der Waals surface area contributed by atoms with Gasteiger partial charge in [0.25, 0.3) is 5.91 Å². The Bertz CT molecular complexity index is 1180. The number of thiocarbonyl (C=S) groups is 1. The van der Waals surface area contributed by atoms with Crippen LogP contribution in [0.3, 0.4) is 0 Å². The molecule has 0 saturated carbocycles. The molecule has 0 aliphatic carbocycles. The predicted octanol–water partition coefficient (Wildman–Crippen LogP) is 5.69. The highest BCUT2D eigenvalue weighted by atomic mass is 35.5. The number of hydrogen-bond donors (Lipinski definition) is 1. The Balaban J connectivity index is 1.35. The molecule has 156 valence electrons. The molecule has 9 heteroatoms. The Kier molecular flexibility index (Phi) is 6.82. The fraction of sp³-hybridized carbons (Fsp3) is 0.0909. The van der Waals surface area contributed by atoms with Gasteiger partial charge in [-0.15, -0.1) is 11.3 Å². The van der Waals surface area contributed by atoms with Crippen LogP contribution >= 0.6 is 46.9 Å². The maximum Gasteiger partial charge on any atom is 0.266 e. The summed E-state index contributed by atoms with van der Waals surface area (Å²) < 4.78 is 0.428. The third kappa shape index (κ3) is 5.22. The second kappa shape index (κ2) is 9.74. The van der Waals surface area contributed by atoms with Gasteiger partial charge >= 0.3 is 0 Å². The van der Waals surface area contributed by atoms with Gasteiger partial charge in [0.05, 0.1) is 10.6 Å². The Morgan fingerprint density at radius 3 is 2.68 bits per heavy atom. The topological polar surface area (TPSA) is 62.3 Å². The van der Waals surface area contributed by atoms with Crippen molar-refractivity contribution in [3.63, 3.8) is 0 Å². The number of aromatic nitrogens is 1. The lowest BCUT2D eigenvalue weighted by atomic mass is 10.2. The number of anilines is 1. The fourth-order valence-electron chi connectivity index (χ4n) is 2.89. The molecule has 0 radical (unpaired) electrons. The summed E-state index contributed by atoms with van der Waals surface area (Å²) in [6.07, 6.45) is 1.84. The van der Waals surface area contributed by atoms with Gasteiger partial charge in [-0.1, -0.05) is 84.1 Å². The number of thiazole rings is 1. The lowest BCUT2D eigenvalue weighted by molar-refractivity contribution is -0.122. The van der Waals surface area contributed by atoms with Gasteiger partial charge in [-0.2, -0.15) is 0 Å². The molecule has 31 heavy (non-hydrogen) atoms.